The maximum atomic E-state index is 11.7. The fourth-order valence-electron chi connectivity index (χ4n) is 1.31. The van der Waals surface area contributed by atoms with Gasteiger partial charge in [-0.3, -0.25) is 14.3 Å². The van der Waals surface area contributed by atoms with Crippen LogP contribution in [0.1, 0.15) is 12.0 Å². The lowest BCUT2D eigenvalue weighted by atomic mass is 10.2. The second kappa shape index (κ2) is 6.83. The molecule has 0 fully saturated rings. The van der Waals surface area contributed by atoms with E-state index in [4.69, 9.17) is 5.73 Å². The van der Waals surface area contributed by atoms with Gasteiger partial charge in [-0.15, -0.1) is 0 Å². The molecule has 0 bridgehead atoms. The van der Waals surface area contributed by atoms with Gasteiger partial charge in [0.1, 0.15) is 0 Å². The van der Waals surface area contributed by atoms with Crippen LogP contribution in [0.3, 0.4) is 0 Å². The van der Waals surface area contributed by atoms with Crippen molar-refractivity contribution in [3.63, 3.8) is 0 Å². The van der Waals surface area contributed by atoms with Crippen LogP contribution >= 0.6 is 15.9 Å². The highest BCUT2D eigenvalue weighted by Crippen LogP contribution is 2.29. The van der Waals surface area contributed by atoms with E-state index in [1.807, 2.05) is 0 Å². The van der Waals surface area contributed by atoms with E-state index in [0.29, 0.717) is 34.5 Å². The lowest BCUT2D eigenvalue weighted by molar-refractivity contribution is -0.385. The fourth-order valence-corrected chi connectivity index (χ4v) is 3.26. The summed E-state index contributed by atoms with van der Waals surface area (Å²) in [6, 6.07) is 4.74. The topological polar surface area (TPSA) is 86.2 Å². The molecule has 0 spiro atoms. The van der Waals surface area contributed by atoms with E-state index in [1.165, 1.54) is 6.07 Å². The van der Waals surface area contributed by atoms with Crippen molar-refractivity contribution in [2.24, 2.45) is 5.73 Å². The Morgan fingerprint density at radius 2 is 2.18 bits per heavy atom. The second-order valence-electron chi connectivity index (χ2n) is 3.44. The summed E-state index contributed by atoms with van der Waals surface area (Å²) in [5.74, 6) is 0.827. The van der Waals surface area contributed by atoms with Crippen LogP contribution in [0.2, 0.25) is 0 Å². The molecule has 0 aliphatic carbocycles. The molecule has 7 heteroatoms. The van der Waals surface area contributed by atoms with Crippen molar-refractivity contribution >= 4 is 32.4 Å². The van der Waals surface area contributed by atoms with Crippen LogP contribution in [0.15, 0.2) is 22.7 Å². The summed E-state index contributed by atoms with van der Waals surface area (Å²) in [5.41, 5.74) is 6.02. The van der Waals surface area contributed by atoms with Gasteiger partial charge in [0.05, 0.1) is 9.40 Å². The van der Waals surface area contributed by atoms with E-state index in [2.05, 4.69) is 15.9 Å². The second-order valence-corrected chi connectivity index (χ2v) is 5.81. The zero-order valence-corrected chi connectivity index (χ0v) is 11.5. The standard InChI is InChI=1S/C10H13BrN2O3S/c11-10-8(7-17(16)6-2-5-12)3-1-4-9(10)13(14)15/h1,3-4H,2,5-7,12H2. The molecule has 2 N–H and O–H groups in total. The number of nitro benzene ring substituents is 1. The highest BCUT2D eigenvalue weighted by molar-refractivity contribution is 9.10. The predicted octanol–water partition coefficient (Wildman–Crippen LogP) is 1.95. The molecule has 1 aromatic rings. The fraction of sp³-hybridized carbons (Fsp3) is 0.400. The number of rotatable bonds is 6. The average molecular weight is 321 g/mol. The summed E-state index contributed by atoms with van der Waals surface area (Å²) < 4.78 is 12.1. The van der Waals surface area contributed by atoms with Gasteiger partial charge in [-0.1, -0.05) is 12.1 Å². The Morgan fingerprint density at radius 3 is 2.76 bits per heavy atom. The van der Waals surface area contributed by atoms with Crippen LogP contribution in [-0.2, 0) is 16.6 Å². The number of nitro groups is 1. The van der Waals surface area contributed by atoms with Crippen LogP contribution in [0.4, 0.5) is 5.69 Å². The first-order valence-corrected chi connectivity index (χ1v) is 7.31. The molecule has 1 atom stereocenters. The highest BCUT2D eigenvalue weighted by atomic mass is 79.9. The molecule has 5 nitrogen and oxygen atoms in total. The molecule has 1 aromatic carbocycles. The van der Waals surface area contributed by atoms with Gasteiger partial charge in [0, 0.05) is 28.4 Å². The monoisotopic (exact) mass is 320 g/mol. The molecule has 0 heterocycles. The lowest BCUT2D eigenvalue weighted by Gasteiger charge is -2.04. The first kappa shape index (κ1) is 14.3. The van der Waals surface area contributed by atoms with Crippen molar-refractivity contribution in [2.45, 2.75) is 12.2 Å². The van der Waals surface area contributed by atoms with E-state index in [0.717, 1.165) is 0 Å². The zero-order valence-electron chi connectivity index (χ0n) is 9.10. The van der Waals surface area contributed by atoms with Gasteiger partial charge in [-0.2, -0.15) is 0 Å². The summed E-state index contributed by atoms with van der Waals surface area (Å²) in [5, 5.41) is 10.7. The van der Waals surface area contributed by atoms with Gasteiger partial charge < -0.3 is 5.73 Å². The van der Waals surface area contributed by atoms with E-state index >= 15 is 0 Å². The van der Waals surface area contributed by atoms with Crippen molar-refractivity contribution < 1.29 is 9.13 Å². The van der Waals surface area contributed by atoms with E-state index in [9.17, 15) is 14.3 Å². The van der Waals surface area contributed by atoms with Gasteiger partial charge in [-0.25, -0.2) is 0 Å². The van der Waals surface area contributed by atoms with Gasteiger partial charge in [0.25, 0.3) is 5.69 Å². The third-order valence-electron chi connectivity index (χ3n) is 2.15. The molecule has 0 aromatic heterocycles. The van der Waals surface area contributed by atoms with Gasteiger partial charge >= 0.3 is 0 Å². The molecule has 0 aliphatic rings. The zero-order chi connectivity index (χ0) is 12.8. The molecule has 0 aliphatic heterocycles. The smallest absolute Gasteiger partial charge is 0.283 e. The number of benzene rings is 1. The summed E-state index contributed by atoms with van der Waals surface area (Å²) in [7, 11) is -1.04. The normalized spacial score (nSPS) is 12.4. The molecule has 1 unspecified atom stereocenters. The molecule has 0 radical (unpaired) electrons. The van der Waals surface area contributed by atoms with E-state index < -0.39 is 15.7 Å². The maximum Gasteiger partial charge on any atom is 0.283 e. The Kier molecular flexibility index (Phi) is 5.73. The Balaban J connectivity index is 2.81. The summed E-state index contributed by atoms with van der Waals surface area (Å²) in [4.78, 5) is 10.3. The SMILES string of the molecule is NCCCS(=O)Cc1cccc([N+](=O)[O-])c1Br. The van der Waals surface area contributed by atoms with Crippen LogP contribution < -0.4 is 5.73 Å². The van der Waals surface area contributed by atoms with Crippen LogP contribution in [0.5, 0.6) is 0 Å². The first-order valence-electron chi connectivity index (χ1n) is 5.03. The molecular weight excluding hydrogens is 308 g/mol. The van der Waals surface area contributed by atoms with Gasteiger partial charge in [0.2, 0.25) is 0 Å². The summed E-state index contributed by atoms with van der Waals surface area (Å²) in [6.07, 6.45) is 0.694. The minimum absolute atomic E-state index is 0.00155. The van der Waals surface area contributed by atoms with Gasteiger partial charge in [0.15, 0.2) is 0 Å². The van der Waals surface area contributed by atoms with Crippen molar-refractivity contribution in [3.8, 4) is 0 Å². The lowest BCUT2D eigenvalue weighted by Crippen LogP contribution is -2.08. The Morgan fingerprint density at radius 1 is 1.47 bits per heavy atom. The van der Waals surface area contributed by atoms with Crippen LogP contribution in [-0.4, -0.2) is 21.4 Å². The minimum Gasteiger partial charge on any atom is -0.330 e. The minimum atomic E-state index is -1.04. The molecule has 0 saturated heterocycles. The third-order valence-corrected chi connectivity index (χ3v) is 4.44. The summed E-state index contributed by atoms with van der Waals surface area (Å²) >= 11 is 3.18. The van der Waals surface area contributed by atoms with Crippen molar-refractivity contribution in [3.05, 3.63) is 38.3 Å². The number of nitrogens with zero attached hydrogens (tertiary/aromatic N) is 1. The molecular formula is C10H13BrN2O3S. The van der Waals surface area contributed by atoms with Crippen molar-refractivity contribution in [1.29, 1.82) is 0 Å². The van der Waals surface area contributed by atoms with Crippen LogP contribution in [0.25, 0.3) is 0 Å². The molecule has 17 heavy (non-hydrogen) atoms. The van der Waals surface area contributed by atoms with Gasteiger partial charge in [-0.05, 0) is 34.5 Å². The molecule has 1 rings (SSSR count). The quantitative estimate of drug-likeness (QED) is 0.641. The maximum absolute atomic E-state index is 11.7. The van der Waals surface area contributed by atoms with E-state index in [-0.39, 0.29) is 5.69 Å². The highest BCUT2D eigenvalue weighted by Gasteiger charge is 2.15. The Hall–Kier alpha value is -0.790. The van der Waals surface area contributed by atoms with Crippen molar-refractivity contribution in [2.75, 3.05) is 12.3 Å². The molecule has 0 saturated carbocycles. The van der Waals surface area contributed by atoms with Crippen molar-refractivity contribution in [1.82, 2.24) is 0 Å². The third kappa shape index (κ3) is 4.18. The number of halogens is 1. The molecule has 94 valence electrons. The number of hydrogen-bond donors (Lipinski definition) is 1. The number of hydrogen-bond acceptors (Lipinski definition) is 4. The summed E-state index contributed by atoms with van der Waals surface area (Å²) in [6.45, 7) is 0.502. The molecule has 0 amide bonds. The predicted molar refractivity (Wildman–Crippen MR) is 71.2 cm³/mol. The Bertz CT molecular complexity index is 440. The number of nitrogens with two attached hydrogens (primary N) is 1. The largest absolute Gasteiger partial charge is 0.330 e. The first-order chi connectivity index (χ1) is 8.06. The van der Waals surface area contributed by atoms with Crippen LogP contribution in [0, 0.1) is 10.1 Å². The Labute approximate surface area is 110 Å². The average Bonchev–Trinajstić information content (AvgIpc) is 2.28. The van der Waals surface area contributed by atoms with E-state index in [1.54, 1.807) is 12.1 Å².